The Hall–Kier alpha value is -0.350. The molecule has 0 bridgehead atoms. The van der Waals surface area contributed by atoms with Crippen LogP contribution in [0.15, 0.2) is 29.0 Å². The van der Waals surface area contributed by atoms with Gasteiger partial charge in [-0.25, -0.2) is 4.98 Å². The number of alkyl halides is 1. The number of halogens is 2. The second-order valence-corrected chi connectivity index (χ2v) is 3.82. The Kier molecular flexibility index (Phi) is 2.19. The van der Waals surface area contributed by atoms with Crippen LogP contribution < -0.4 is 0 Å². The first-order valence-corrected chi connectivity index (χ1v) is 5.41. The zero-order valence-electron chi connectivity index (χ0n) is 6.17. The third-order valence-electron chi connectivity index (χ3n) is 1.63. The molecule has 2 aromatic rings. The lowest BCUT2D eigenvalue weighted by Gasteiger charge is -1.93. The summed E-state index contributed by atoms with van der Waals surface area (Å²) in [5.41, 5.74) is 2.01. The van der Waals surface area contributed by atoms with E-state index >= 15 is 0 Å². The standard InChI is InChI=1S/C8H6Br2N2/c9-4-6-5-12-7(10)2-1-3-8(12)11-6/h1-3,5H,4H2. The molecule has 62 valence electrons. The first-order chi connectivity index (χ1) is 5.81. The first-order valence-electron chi connectivity index (χ1n) is 3.50. The van der Waals surface area contributed by atoms with Gasteiger partial charge in [0, 0.05) is 11.5 Å². The molecule has 2 rings (SSSR count). The van der Waals surface area contributed by atoms with Gasteiger partial charge in [0.1, 0.15) is 5.65 Å². The van der Waals surface area contributed by atoms with E-state index in [1.54, 1.807) is 0 Å². The summed E-state index contributed by atoms with van der Waals surface area (Å²) >= 11 is 6.82. The Labute approximate surface area is 86.9 Å². The van der Waals surface area contributed by atoms with E-state index in [9.17, 15) is 0 Å². The van der Waals surface area contributed by atoms with E-state index in [2.05, 4.69) is 36.8 Å². The molecule has 0 radical (unpaired) electrons. The first kappa shape index (κ1) is 8.26. The lowest BCUT2D eigenvalue weighted by molar-refractivity contribution is 1.14. The van der Waals surface area contributed by atoms with Crippen molar-refractivity contribution in [3.63, 3.8) is 0 Å². The fourth-order valence-electron chi connectivity index (χ4n) is 1.09. The van der Waals surface area contributed by atoms with Crippen LogP contribution in [0.2, 0.25) is 0 Å². The molecule has 0 unspecified atom stereocenters. The maximum Gasteiger partial charge on any atom is 0.137 e. The minimum absolute atomic E-state index is 0.793. The number of pyridine rings is 1. The van der Waals surface area contributed by atoms with E-state index in [-0.39, 0.29) is 0 Å². The third kappa shape index (κ3) is 1.29. The number of hydrogen-bond donors (Lipinski definition) is 0. The van der Waals surface area contributed by atoms with Crippen molar-refractivity contribution in [2.45, 2.75) is 5.33 Å². The molecular formula is C8H6Br2N2. The molecule has 0 aliphatic heterocycles. The average Bonchev–Trinajstić information content (AvgIpc) is 2.49. The molecule has 0 fully saturated rings. The Morgan fingerprint density at radius 2 is 2.25 bits per heavy atom. The van der Waals surface area contributed by atoms with Gasteiger partial charge >= 0.3 is 0 Å². The molecule has 2 aromatic heterocycles. The van der Waals surface area contributed by atoms with Gasteiger partial charge < -0.3 is 0 Å². The summed E-state index contributed by atoms with van der Waals surface area (Å²) in [4.78, 5) is 4.38. The summed E-state index contributed by atoms with van der Waals surface area (Å²) < 4.78 is 3.04. The van der Waals surface area contributed by atoms with Gasteiger partial charge in [0.05, 0.1) is 10.3 Å². The molecule has 12 heavy (non-hydrogen) atoms. The lowest BCUT2D eigenvalue weighted by Crippen LogP contribution is -1.82. The Morgan fingerprint density at radius 1 is 1.42 bits per heavy atom. The summed E-state index contributed by atoms with van der Waals surface area (Å²) in [5.74, 6) is 0. The van der Waals surface area contributed by atoms with Crippen LogP contribution in [0.5, 0.6) is 0 Å². The second kappa shape index (κ2) is 3.18. The number of hydrogen-bond acceptors (Lipinski definition) is 1. The van der Waals surface area contributed by atoms with Crippen molar-refractivity contribution in [3.05, 3.63) is 34.7 Å². The largest absolute Gasteiger partial charge is 0.294 e. The minimum atomic E-state index is 0.793. The van der Waals surface area contributed by atoms with Crippen LogP contribution in [0.25, 0.3) is 5.65 Å². The van der Waals surface area contributed by atoms with Gasteiger partial charge in [-0.3, -0.25) is 4.40 Å². The Balaban J connectivity index is 2.74. The van der Waals surface area contributed by atoms with Gasteiger partial charge in [0.25, 0.3) is 0 Å². The van der Waals surface area contributed by atoms with Gasteiger partial charge in [-0.2, -0.15) is 0 Å². The Morgan fingerprint density at radius 3 is 2.92 bits per heavy atom. The van der Waals surface area contributed by atoms with Crippen molar-refractivity contribution in [3.8, 4) is 0 Å². The Bertz CT molecular complexity index is 408. The maximum atomic E-state index is 4.38. The van der Waals surface area contributed by atoms with Crippen molar-refractivity contribution in [2.24, 2.45) is 0 Å². The molecule has 0 N–H and O–H groups in total. The molecule has 4 heteroatoms. The summed E-state index contributed by atoms with van der Waals surface area (Å²) in [6.07, 6.45) is 2.01. The van der Waals surface area contributed by atoms with Crippen LogP contribution in [0.3, 0.4) is 0 Å². The minimum Gasteiger partial charge on any atom is -0.294 e. The van der Waals surface area contributed by atoms with Crippen molar-refractivity contribution in [1.82, 2.24) is 9.38 Å². The van der Waals surface area contributed by atoms with Crippen LogP contribution in [0.1, 0.15) is 5.69 Å². The summed E-state index contributed by atoms with van der Waals surface area (Å²) in [6.45, 7) is 0. The zero-order valence-corrected chi connectivity index (χ0v) is 9.34. The number of rotatable bonds is 1. The molecule has 0 atom stereocenters. The van der Waals surface area contributed by atoms with Crippen LogP contribution in [0.4, 0.5) is 0 Å². The van der Waals surface area contributed by atoms with Crippen molar-refractivity contribution in [1.29, 1.82) is 0 Å². The molecule has 0 saturated heterocycles. The summed E-state index contributed by atoms with van der Waals surface area (Å²) in [5, 5.41) is 0.793. The van der Waals surface area contributed by atoms with Gasteiger partial charge in [0.2, 0.25) is 0 Å². The van der Waals surface area contributed by atoms with Crippen molar-refractivity contribution < 1.29 is 0 Å². The molecule has 0 aromatic carbocycles. The highest BCUT2D eigenvalue weighted by Crippen LogP contribution is 2.15. The third-order valence-corrected chi connectivity index (χ3v) is 2.85. The zero-order chi connectivity index (χ0) is 8.55. The van der Waals surface area contributed by atoms with Gasteiger partial charge in [-0.1, -0.05) is 22.0 Å². The lowest BCUT2D eigenvalue weighted by atomic mass is 10.5. The second-order valence-electron chi connectivity index (χ2n) is 2.44. The van der Waals surface area contributed by atoms with E-state index in [4.69, 9.17) is 0 Å². The highest BCUT2D eigenvalue weighted by Gasteiger charge is 2.00. The molecular weight excluding hydrogens is 284 g/mol. The van der Waals surface area contributed by atoms with Gasteiger partial charge in [-0.05, 0) is 28.1 Å². The normalized spacial score (nSPS) is 10.8. The van der Waals surface area contributed by atoms with E-state index in [1.165, 1.54) is 0 Å². The van der Waals surface area contributed by atoms with E-state index < -0.39 is 0 Å². The highest BCUT2D eigenvalue weighted by molar-refractivity contribution is 9.10. The SMILES string of the molecule is BrCc1cn2c(Br)cccc2n1. The van der Waals surface area contributed by atoms with Crippen molar-refractivity contribution in [2.75, 3.05) is 0 Å². The van der Waals surface area contributed by atoms with Crippen molar-refractivity contribution >= 4 is 37.5 Å². The predicted molar refractivity (Wildman–Crippen MR) is 55.5 cm³/mol. The highest BCUT2D eigenvalue weighted by atomic mass is 79.9. The molecule has 0 aliphatic carbocycles. The van der Waals surface area contributed by atoms with Gasteiger partial charge in [0.15, 0.2) is 0 Å². The molecule has 0 saturated carbocycles. The summed E-state index contributed by atoms with van der Waals surface area (Å²) in [6, 6.07) is 5.95. The number of aromatic nitrogens is 2. The van der Waals surface area contributed by atoms with Crippen LogP contribution in [-0.4, -0.2) is 9.38 Å². The molecule has 2 nitrogen and oxygen atoms in total. The van der Waals surface area contributed by atoms with E-state index in [0.717, 1.165) is 21.3 Å². The van der Waals surface area contributed by atoms with Crippen LogP contribution in [-0.2, 0) is 5.33 Å². The topological polar surface area (TPSA) is 17.3 Å². The fourth-order valence-corrected chi connectivity index (χ4v) is 1.80. The average molecular weight is 290 g/mol. The predicted octanol–water partition coefficient (Wildman–Crippen LogP) is 2.99. The monoisotopic (exact) mass is 288 g/mol. The number of nitrogens with zero attached hydrogens (tertiary/aromatic N) is 2. The van der Waals surface area contributed by atoms with Crippen LogP contribution >= 0.6 is 31.9 Å². The summed E-state index contributed by atoms with van der Waals surface area (Å²) in [7, 11) is 0. The molecule has 0 spiro atoms. The van der Waals surface area contributed by atoms with E-state index in [0.29, 0.717) is 0 Å². The molecule has 0 amide bonds. The molecule has 0 aliphatic rings. The quantitative estimate of drug-likeness (QED) is 0.583. The van der Waals surface area contributed by atoms with Crippen LogP contribution in [0, 0.1) is 0 Å². The number of fused-ring (bicyclic) bond motifs is 1. The van der Waals surface area contributed by atoms with Gasteiger partial charge in [-0.15, -0.1) is 0 Å². The maximum absolute atomic E-state index is 4.38. The number of imidazole rings is 1. The molecule has 2 heterocycles. The smallest absolute Gasteiger partial charge is 0.137 e. The fraction of sp³-hybridized carbons (Fsp3) is 0.125. The van der Waals surface area contributed by atoms with E-state index in [1.807, 2.05) is 28.8 Å².